The Balaban J connectivity index is 2.95. The molecule has 1 rings (SSSR count). The zero-order chi connectivity index (χ0) is 9.84. The summed E-state index contributed by atoms with van der Waals surface area (Å²) in [4.78, 5) is 0. The van der Waals surface area contributed by atoms with Crippen molar-refractivity contribution in [1.29, 1.82) is 5.26 Å². The van der Waals surface area contributed by atoms with E-state index in [2.05, 4.69) is 22.0 Å². The zero-order valence-electron chi connectivity index (χ0n) is 7.42. The molecule has 0 aromatic heterocycles. The standard InChI is InChI=1S/C10H11BrN2/c1-7(13)4-8-2-3-10(11)9(5-8)6-12/h2-3,5,7H,4,13H2,1H3/t7-/m0/s1. The van der Waals surface area contributed by atoms with Crippen LogP contribution in [-0.4, -0.2) is 6.04 Å². The highest BCUT2D eigenvalue weighted by Crippen LogP contribution is 2.17. The number of nitrogens with two attached hydrogens (primary N) is 1. The molecule has 1 aromatic rings. The SMILES string of the molecule is C[C@H](N)Cc1ccc(Br)c(C#N)c1. The molecular formula is C10H11BrN2. The molecule has 0 spiro atoms. The lowest BCUT2D eigenvalue weighted by molar-refractivity contribution is 0.738. The first-order valence-electron chi connectivity index (χ1n) is 4.07. The van der Waals surface area contributed by atoms with Gasteiger partial charge in [0.15, 0.2) is 0 Å². The van der Waals surface area contributed by atoms with E-state index in [4.69, 9.17) is 11.0 Å². The molecule has 2 N–H and O–H groups in total. The molecule has 0 fully saturated rings. The van der Waals surface area contributed by atoms with Crippen LogP contribution in [0.4, 0.5) is 0 Å². The summed E-state index contributed by atoms with van der Waals surface area (Å²) < 4.78 is 0.837. The summed E-state index contributed by atoms with van der Waals surface area (Å²) in [6.07, 6.45) is 0.808. The molecule has 13 heavy (non-hydrogen) atoms. The van der Waals surface area contributed by atoms with Gasteiger partial charge < -0.3 is 5.73 Å². The van der Waals surface area contributed by atoms with E-state index >= 15 is 0 Å². The number of benzene rings is 1. The highest BCUT2D eigenvalue weighted by atomic mass is 79.9. The van der Waals surface area contributed by atoms with Gasteiger partial charge in [-0.3, -0.25) is 0 Å². The van der Waals surface area contributed by atoms with E-state index in [1.54, 1.807) is 0 Å². The van der Waals surface area contributed by atoms with Gasteiger partial charge in [0, 0.05) is 10.5 Å². The minimum atomic E-state index is 0.132. The number of hydrogen-bond donors (Lipinski definition) is 1. The van der Waals surface area contributed by atoms with Gasteiger partial charge in [-0.25, -0.2) is 0 Å². The maximum absolute atomic E-state index is 8.77. The van der Waals surface area contributed by atoms with Gasteiger partial charge in [-0.05, 0) is 47.0 Å². The Bertz CT molecular complexity index is 339. The number of nitrogens with zero attached hydrogens (tertiary/aromatic N) is 1. The normalized spacial score (nSPS) is 12.2. The summed E-state index contributed by atoms with van der Waals surface area (Å²) in [7, 11) is 0. The maximum Gasteiger partial charge on any atom is 0.100 e. The Labute approximate surface area is 86.5 Å². The fraction of sp³-hybridized carbons (Fsp3) is 0.300. The van der Waals surface area contributed by atoms with Crippen molar-refractivity contribution in [2.75, 3.05) is 0 Å². The van der Waals surface area contributed by atoms with Gasteiger partial charge in [-0.2, -0.15) is 5.26 Å². The van der Waals surface area contributed by atoms with Crippen LogP contribution in [0.2, 0.25) is 0 Å². The molecule has 0 saturated heterocycles. The molecule has 0 bridgehead atoms. The molecule has 0 aliphatic carbocycles. The molecule has 0 aliphatic heterocycles. The highest BCUT2D eigenvalue weighted by molar-refractivity contribution is 9.10. The van der Waals surface area contributed by atoms with E-state index in [-0.39, 0.29) is 6.04 Å². The third-order valence-corrected chi connectivity index (χ3v) is 2.40. The van der Waals surface area contributed by atoms with E-state index in [1.165, 1.54) is 0 Å². The van der Waals surface area contributed by atoms with Crippen LogP contribution in [0.1, 0.15) is 18.1 Å². The molecule has 0 aliphatic rings. The van der Waals surface area contributed by atoms with Gasteiger partial charge in [0.25, 0.3) is 0 Å². The summed E-state index contributed by atoms with van der Waals surface area (Å²) in [5.41, 5.74) is 7.43. The first kappa shape index (κ1) is 10.2. The third kappa shape index (κ3) is 2.83. The van der Waals surface area contributed by atoms with Crippen molar-refractivity contribution >= 4 is 15.9 Å². The van der Waals surface area contributed by atoms with Crippen LogP contribution in [0.25, 0.3) is 0 Å². The highest BCUT2D eigenvalue weighted by Gasteiger charge is 2.02. The number of rotatable bonds is 2. The van der Waals surface area contributed by atoms with Gasteiger partial charge in [0.05, 0.1) is 5.56 Å². The average Bonchev–Trinajstić information content (AvgIpc) is 2.07. The largest absolute Gasteiger partial charge is 0.328 e. The summed E-state index contributed by atoms with van der Waals surface area (Å²) in [6, 6.07) is 7.99. The van der Waals surface area contributed by atoms with Crippen molar-refractivity contribution in [1.82, 2.24) is 0 Å². The molecule has 0 saturated carbocycles. The fourth-order valence-corrected chi connectivity index (χ4v) is 1.49. The summed E-state index contributed by atoms with van der Waals surface area (Å²) in [5, 5.41) is 8.77. The lowest BCUT2D eigenvalue weighted by Crippen LogP contribution is -2.17. The summed E-state index contributed by atoms with van der Waals surface area (Å²) in [6.45, 7) is 1.95. The number of halogens is 1. The molecule has 1 aromatic carbocycles. The van der Waals surface area contributed by atoms with E-state index in [9.17, 15) is 0 Å². The van der Waals surface area contributed by atoms with Crippen molar-refractivity contribution in [3.8, 4) is 6.07 Å². The predicted octanol–water partition coefficient (Wildman–Crippen LogP) is 2.21. The molecule has 3 heteroatoms. The van der Waals surface area contributed by atoms with Crippen LogP contribution < -0.4 is 5.73 Å². The quantitative estimate of drug-likeness (QED) is 0.860. The number of hydrogen-bond acceptors (Lipinski definition) is 2. The van der Waals surface area contributed by atoms with Crippen LogP contribution in [0.3, 0.4) is 0 Å². The fourth-order valence-electron chi connectivity index (χ4n) is 1.16. The number of nitriles is 1. The van der Waals surface area contributed by atoms with Crippen LogP contribution in [0.5, 0.6) is 0 Å². The van der Waals surface area contributed by atoms with Crippen molar-refractivity contribution in [2.45, 2.75) is 19.4 Å². The molecule has 0 amide bonds. The van der Waals surface area contributed by atoms with Crippen molar-refractivity contribution in [3.05, 3.63) is 33.8 Å². The van der Waals surface area contributed by atoms with Crippen molar-refractivity contribution < 1.29 is 0 Å². The van der Waals surface area contributed by atoms with E-state index in [1.807, 2.05) is 25.1 Å². The lowest BCUT2D eigenvalue weighted by atomic mass is 10.1. The summed E-state index contributed by atoms with van der Waals surface area (Å²) in [5.74, 6) is 0. The van der Waals surface area contributed by atoms with E-state index < -0.39 is 0 Å². The van der Waals surface area contributed by atoms with E-state index in [0.717, 1.165) is 16.5 Å². The second-order valence-corrected chi connectivity index (χ2v) is 3.96. The minimum Gasteiger partial charge on any atom is -0.328 e. The van der Waals surface area contributed by atoms with Crippen LogP contribution in [-0.2, 0) is 6.42 Å². The molecule has 68 valence electrons. The van der Waals surface area contributed by atoms with Gasteiger partial charge >= 0.3 is 0 Å². The second kappa shape index (κ2) is 4.40. The Morgan fingerprint density at radius 3 is 2.85 bits per heavy atom. The Morgan fingerprint density at radius 1 is 1.62 bits per heavy atom. The smallest absolute Gasteiger partial charge is 0.100 e. The van der Waals surface area contributed by atoms with Crippen LogP contribution in [0, 0.1) is 11.3 Å². The first-order chi connectivity index (χ1) is 6.13. The van der Waals surface area contributed by atoms with Crippen molar-refractivity contribution in [3.63, 3.8) is 0 Å². The van der Waals surface area contributed by atoms with E-state index in [0.29, 0.717) is 5.56 Å². The topological polar surface area (TPSA) is 49.8 Å². The van der Waals surface area contributed by atoms with Crippen LogP contribution in [0.15, 0.2) is 22.7 Å². The van der Waals surface area contributed by atoms with Gasteiger partial charge in [0.1, 0.15) is 6.07 Å². The molecule has 0 heterocycles. The molecule has 2 nitrogen and oxygen atoms in total. The maximum atomic E-state index is 8.77. The lowest BCUT2D eigenvalue weighted by Gasteiger charge is -2.05. The Morgan fingerprint density at radius 2 is 2.31 bits per heavy atom. The zero-order valence-corrected chi connectivity index (χ0v) is 9.01. The second-order valence-electron chi connectivity index (χ2n) is 3.11. The monoisotopic (exact) mass is 238 g/mol. The molecule has 0 radical (unpaired) electrons. The molecule has 0 unspecified atom stereocenters. The minimum absolute atomic E-state index is 0.132. The van der Waals surface area contributed by atoms with Gasteiger partial charge in [-0.15, -0.1) is 0 Å². The van der Waals surface area contributed by atoms with Crippen molar-refractivity contribution in [2.24, 2.45) is 5.73 Å². The average molecular weight is 239 g/mol. The third-order valence-electron chi connectivity index (χ3n) is 1.71. The Kier molecular flexibility index (Phi) is 3.47. The predicted molar refractivity (Wildman–Crippen MR) is 56.2 cm³/mol. The van der Waals surface area contributed by atoms with Gasteiger partial charge in [0.2, 0.25) is 0 Å². The Hall–Kier alpha value is -0.850. The summed E-state index contributed by atoms with van der Waals surface area (Å²) >= 11 is 3.30. The van der Waals surface area contributed by atoms with Crippen LogP contribution >= 0.6 is 15.9 Å². The first-order valence-corrected chi connectivity index (χ1v) is 4.87. The molecular weight excluding hydrogens is 228 g/mol. The molecule has 1 atom stereocenters. The van der Waals surface area contributed by atoms with Gasteiger partial charge in [-0.1, -0.05) is 6.07 Å².